The molecule has 4 amide bonds. The Morgan fingerprint density at radius 1 is 1.09 bits per heavy atom. The molecule has 2 unspecified atom stereocenters. The van der Waals surface area contributed by atoms with Crippen LogP contribution in [0.2, 0.25) is 0 Å². The number of nitrogens with zero attached hydrogens (tertiary/aromatic N) is 1. The van der Waals surface area contributed by atoms with Gasteiger partial charge in [-0.2, -0.15) is 0 Å². The highest BCUT2D eigenvalue weighted by Gasteiger charge is 2.37. The van der Waals surface area contributed by atoms with Gasteiger partial charge >= 0.3 is 5.97 Å². The number of aromatic amines is 1. The average molecular weight is 473 g/mol. The maximum absolute atomic E-state index is 13.3. The predicted octanol–water partition coefficient (Wildman–Crippen LogP) is -1.54. The third kappa shape index (κ3) is 6.10. The van der Waals surface area contributed by atoms with Crippen LogP contribution in [-0.4, -0.2) is 82.9 Å². The van der Waals surface area contributed by atoms with Crippen LogP contribution in [0.5, 0.6) is 0 Å². The summed E-state index contributed by atoms with van der Waals surface area (Å²) >= 11 is 0. The number of aliphatic carboxylic acids is 1. The molecule has 2 atom stereocenters. The van der Waals surface area contributed by atoms with E-state index in [1.807, 2.05) is 24.3 Å². The van der Waals surface area contributed by atoms with E-state index in [9.17, 15) is 29.1 Å². The van der Waals surface area contributed by atoms with E-state index >= 15 is 0 Å². The molecule has 2 aromatic rings. The number of carboxylic acids is 1. The molecular formula is C22H28N6O6. The summed E-state index contributed by atoms with van der Waals surface area (Å²) in [5.41, 5.74) is 6.80. The molecule has 182 valence electrons. The van der Waals surface area contributed by atoms with Crippen molar-refractivity contribution in [3.8, 4) is 0 Å². The lowest BCUT2D eigenvalue weighted by Gasteiger charge is -2.27. The van der Waals surface area contributed by atoms with Crippen LogP contribution in [0, 0.1) is 0 Å². The normalized spacial score (nSPS) is 16.1. The number of carbonyl (C=O) groups is 5. The van der Waals surface area contributed by atoms with Gasteiger partial charge in [0, 0.05) is 30.1 Å². The molecule has 0 spiro atoms. The number of H-pyrrole nitrogens is 1. The van der Waals surface area contributed by atoms with Crippen LogP contribution in [0.25, 0.3) is 10.9 Å². The van der Waals surface area contributed by atoms with Crippen LogP contribution in [0.4, 0.5) is 0 Å². The molecule has 1 saturated heterocycles. The second-order valence-corrected chi connectivity index (χ2v) is 7.97. The number of hydrogen-bond donors (Lipinski definition) is 6. The molecule has 7 N–H and O–H groups in total. The number of nitrogens with one attached hydrogen (secondary N) is 4. The minimum Gasteiger partial charge on any atom is -0.480 e. The molecule has 3 rings (SSSR count). The number of benzene rings is 1. The van der Waals surface area contributed by atoms with Crippen LogP contribution in [0.1, 0.15) is 18.4 Å². The number of carbonyl (C=O) groups excluding carboxylic acids is 4. The van der Waals surface area contributed by atoms with Gasteiger partial charge in [0.15, 0.2) is 0 Å². The summed E-state index contributed by atoms with van der Waals surface area (Å²) in [7, 11) is 0. The van der Waals surface area contributed by atoms with Gasteiger partial charge in [-0.15, -0.1) is 0 Å². The number of aromatic nitrogens is 1. The minimum atomic E-state index is -1.09. The Kier molecular flexibility index (Phi) is 8.19. The Hall–Kier alpha value is -3.93. The SMILES string of the molecule is NCC(=O)NCC(=O)NCC(=O)NC(Cc1c[nH]c2ccccc12)C(=O)N1CCCC1C(=O)O. The van der Waals surface area contributed by atoms with Crippen LogP contribution < -0.4 is 21.7 Å². The summed E-state index contributed by atoms with van der Waals surface area (Å²) in [5.74, 6) is -3.31. The number of fused-ring (bicyclic) bond motifs is 1. The highest BCUT2D eigenvalue weighted by molar-refractivity contribution is 5.94. The zero-order valence-electron chi connectivity index (χ0n) is 18.5. The molecular weight excluding hydrogens is 444 g/mol. The van der Waals surface area contributed by atoms with Gasteiger partial charge in [-0.1, -0.05) is 18.2 Å². The van der Waals surface area contributed by atoms with E-state index in [2.05, 4.69) is 20.9 Å². The Bertz CT molecular complexity index is 1080. The maximum atomic E-state index is 13.3. The molecule has 1 aromatic heterocycles. The van der Waals surface area contributed by atoms with Crippen molar-refractivity contribution in [2.24, 2.45) is 5.73 Å². The van der Waals surface area contributed by atoms with E-state index in [1.54, 1.807) is 6.20 Å². The van der Waals surface area contributed by atoms with Crippen LogP contribution >= 0.6 is 0 Å². The van der Waals surface area contributed by atoms with Gasteiger partial charge in [-0.3, -0.25) is 19.2 Å². The van der Waals surface area contributed by atoms with Crippen molar-refractivity contribution in [1.29, 1.82) is 0 Å². The van der Waals surface area contributed by atoms with Crippen molar-refractivity contribution in [3.63, 3.8) is 0 Å². The van der Waals surface area contributed by atoms with E-state index in [4.69, 9.17) is 5.73 Å². The average Bonchev–Trinajstić information content (AvgIpc) is 3.48. The third-order valence-electron chi connectivity index (χ3n) is 5.63. The van der Waals surface area contributed by atoms with Gasteiger partial charge in [-0.25, -0.2) is 4.79 Å². The van der Waals surface area contributed by atoms with Gasteiger partial charge in [0.1, 0.15) is 12.1 Å². The molecule has 0 radical (unpaired) electrons. The van der Waals surface area contributed by atoms with Gasteiger partial charge in [0.05, 0.1) is 19.6 Å². The monoisotopic (exact) mass is 472 g/mol. The van der Waals surface area contributed by atoms with E-state index in [1.165, 1.54) is 4.90 Å². The minimum absolute atomic E-state index is 0.137. The summed E-state index contributed by atoms with van der Waals surface area (Å²) in [6.45, 7) is -0.737. The lowest BCUT2D eigenvalue weighted by molar-refractivity contribution is -0.149. The molecule has 1 fully saturated rings. The molecule has 1 aromatic carbocycles. The zero-order valence-corrected chi connectivity index (χ0v) is 18.5. The van der Waals surface area contributed by atoms with Gasteiger partial charge in [0.2, 0.25) is 23.6 Å². The summed E-state index contributed by atoms with van der Waals surface area (Å²) in [6, 6.07) is 5.52. The lowest BCUT2D eigenvalue weighted by atomic mass is 10.0. The van der Waals surface area contributed by atoms with Crippen molar-refractivity contribution in [1.82, 2.24) is 25.8 Å². The van der Waals surface area contributed by atoms with Crippen molar-refractivity contribution >= 4 is 40.5 Å². The third-order valence-corrected chi connectivity index (χ3v) is 5.63. The Morgan fingerprint density at radius 2 is 1.79 bits per heavy atom. The standard InChI is InChI=1S/C22H28N6O6/c23-9-18(29)25-11-19(30)26-12-20(31)27-16(21(32)28-7-3-6-17(28)22(33)34)8-13-10-24-15-5-2-1-4-14(13)15/h1-2,4-5,10,16-17,24H,3,6-9,11-12,23H2,(H,25,29)(H,26,30)(H,27,31)(H,33,34). The molecule has 0 aliphatic carbocycles. The van der Waals surface area contributed by atoms with Gasteiger partial charge in [0.25, 0.3) is 0 Å². The van der Waals surface area contributed by atoms with Gasteiger partial charge < -0.3 is 36.7 Å². The molecule has 0 bridgehead atoms. The first-order chi connectivity index (χ1) is 16.3. The lowest BCUT2D eigenvalue weighted by Crippen LogP contribution is -2.54. The van der Waals surface area contributed by atoms with E-state index in [0.717, 1.165) is 16.5 Å². The van der Waals surface area contributed by atoms with E-state index in [0.29, 0.717) is 12.8 Å². The topological polar surface area (TPSA) is 187 Å². The van der Waals surface area contributed by atoms with Crippen LogP contribution in [0.15, 0.2) is 30.5 Å². The molecule has 34 heavy (non-hydrogen) atoms. The number of rotatable bonds is 10. The second kappa shape index (κ2) is 11.3. The van der Waals surface area contributed by atoms with E-state index < -0.39 is 48.2 Å². The second-order valence-electron chi connectivity index (χ2n) is 7.97. The Labute approximate surface area is 195 Å². The smallest absolute Gasteiger partial charge is 0.326 e. The summed E-state index contributed by atoms with van der Waals surface area (Å²) < 4.78 is 0. The predicted molar refractivity (Wildman–Crippen MR) is 121 cm³/mol. The zero-order chi connectivity index (χ0) is 24.7. The van der Waals surface area contributed by atoms with Crippen molar-refractivity contribution in [3.05, 3.63) is 36.0 Å². The van der Waals surface area contributed by atoms with Crippen LogP contribution in [0.3, 0.4) is 0 Å². The fraction of sp³-hybridized carbons (Fsp3) is 0.409. The number of para-hydroxylation sites is 1. The number of hydrogen-bond acceptors (Lipinski definition) is 6. The van der Waals surface area contributed by atoms with Crippen molar-refractivity contribution in [2.75, 3.05) is 26.2 Å². The fourth-order valence-corrected chi connectivity index (χ4v) is 3.95. The number of likely N-dealkylation sites (tertiary alicyclic amines) is 1. The summed E-state index contributed by atoms with van der Waals surface area (Å²) in [5, 5.41) is 17.6. The number of nitrogens with two attached hydrogens (primary N) is 1. The highest BCUT2D eigenvalue weighted by atomic mass is 16.4. The largest absolute Gasteiger partial charge is 0.480 e. The number of amides is 4. The Balaban J connectivity index is 1.70. The van der Waals surface area contributed by atoms with Crippen LogP contribution in [-0.2, 0) is 30.4 Å². The van der Waals surface area contributed by atoms with E-state index in [-0.39, 0.29) is 26.1 Å². The molecule has 1 aliphatic heterocycles. The first-order valence-electron chi connectivity index (χ1n) is 10.9. The molecule has 1 aliphatic rings. The molecule has 0 saturated carbocycles. The van der Waals surface area contributed by atoms with Gasteiger partial charge in [-0.05, 0) is 24.5 Å². The molecule has 12 heteroatoms. The fourth-order valence-electron chi connectivity index (χ4n) is 3.95. The van der Waals surface area contributed by atoms with Crippen molar-refractivity contribution < 1.29 is 29.1 Å². The summed E-state index contributed by atoms with van der Waals surface area (Å²) in [6.07, 6.45) is 2.79. The first kappa shape index (κ1) is 24.7. The first-order valence-corrected chi connectivity index (χ1v) is 10.9. The quantitative estimate of drug-likeness (QED) is 0.242. The highest BCUT2D eigenvalue weighted by Crippen LogP contribution is 2.22. The molecule has 2 heterocycles. The summed E-state index contributed by atoms with van der Waals surface area (Å²) in [4.78, 5) is 64.8. The maximum Gasteiger partial charge on any atom is 0.326 e. The van der Waals surface area contributed by atoms with Crippen molar-refractivity contribution in [2.45, 2.75) is 31.3 Å². The molecule has 12 nitrogen and oxygen atoms in total. The number of carboxylic acid groups (broad SMARTS) is 1. The Morgan fingerprint density at radius 3 is 2.53 bits per heavy atom.